The zero-order valence-electron chi connectivity index (χ0n) is 17.7. The Labute approximate surface area is 183 Å². The Morgan fingerprint density at radius 2 is 1.74 bits per heavy atom. The standard InChI is InChI=1S/C24H26N2O4S/c1-25(17-19-10-7-9-18-8-3-4-11-21(18)19)31(28,29)20-12-13-23(30-2)22(16-20)24(27)26-14-5-6-15-26/h3-4,7-13,16H,5-6,14-15,17H2,1-2H3. The Morgan fingerprint density at radius 3 is 2.48 bits per heavy atom. The topological polar surface area (TPSA) is 66.9 Å². The third-order valence-electron chi connectivity index (χ3n) is 5.78. The molecule has 1 aliphatic rings. The average molecular weight is 439 g/mol. The second-order valence-electron chi connectivity index (χ2n) is 7.76. The molecule has 0 radical (unpaired) electrons. The molecule has 3 aromatic carbocycles. The molecule has 162 valence electrons. The molecule has 6 nitrogen and oxygen atoms in total. The molecule has 0 N–H and O–H groups in total. The monoisotopic (exact) mass is 438 g/mol. The summed E-state index contributed by atoms with van der Waals surface area (Å²) in [6.45, 7) is 1.59. The van der Waals surface area contributed by atoms with Crippen LogP contribution in [0.3, 0.4) is 0 Å². The molecule has 0 saturated carbocycles. The molecule has 1 aliphatic heterocycles. The lowest BCUT2D eigenvalue weighted by molar-refractivity contribution is 0.0789. The number of likely N-dealkylation sites (tertiary alicyclic amines) is 1. The van der Waals surface area contributed by atoms with E-state index in [4.69, 9.17) is 4.74 Å². The Hall–Kier alpha value is -2.90. The van der Waals surface area contributed by atoms with E-state index in [1.54, 1.807) is 18.0 Å². The first-order valence-electron chi connectivity index (χ1n) is 10.3. The summed E-state index contributed by atoms with van der Waals surface area (Å²) in [7, 11) is -0.761. The van der Waals surface area contributed by atoms with Gasteiger partial charge in [0.1, 0.15) is 5.75 Å². The van der Waals surface area contributed by atoms with Gasteiger partial charge in [-0.1, -0.05) is 42.5 Å². The number of amides is 1. The maximum absolute atomic E-state index is 13.3. The molecule has 1 heterocycles. The quantitative estimate of drug-likeness (QED) is 0.585. The summed E-state index contributed by atoms with van der Waals surface area (Å²) in [6.07, 6.45) is 1.92. The number of carbonyl (C=O) groups excluding carboxylic acids is 1. The van der Waals surface area contributed by atoms with Gasteiger partial charge in [-0.3, -0.25) is 4.79 Å². The van der Waals surface area contributed by atoms with E-state index in [9.17, 15) is 13.2 Å². The van der Waals surface area contributed by atoms with Crippen LogP contribution >= 0.6 is 0 Å². The van der Waals surface area contributed by atoms with E-state index in [1.807, 2.05) is 42.5 Å². The largest absolute Gasteiger partial charge is 0.496 e. The van der Waals surface area contributed by atoms with Gasteiger partial charge in [-0.15, -0.1) is 0 Å². The number of sulfonamides is 1. The summed E-state index contributed by atoms with van der Waals surface area (Å²) >= 11 is 0. The number of methoxy groups -OCH3 is 1. The van der Waals surface area contributed by atoms with Gasteiger partial charge in [0.25, 0.3) is 5.91 Å². The highest BCUT2D eigenvalue weighted by Gasteiger charge is 2.27. The lowest BCUT2D eigenvalue weighted by Gasteiger charge is -2.21. The molecule has 1 saturated heterocycles. The molecule has 0 aliphatic carbocycles. The lowest BCUT2D eigenvalue weighted by Crippen LogP contribution is -2.29. The van der Waals surface area contributed by atoms with Crippen molar-refractivity contribution in [2.75, 3.05) is 27.2 Å². The number of benzene rings is 3. The van der Waals surface area contributed by atoms with Gasteiger partial charge < -0.3 is 9.64 Å². The van der Waals surface area contributed by atoms with E-state index < -0.39 is 10.0 Å². The van der Waals surface area contributed by atoms with Crippen LogP contribution in [0.5, 0.6) is 5.75 Å². The first kappa shape index (κ1) is 21.3. The van der Waals surface area contributed by atoms with Crippen molar-refractivity contribution in [3.63, 3.8) is 0 Å². The molecule has 7 heteroatoms. The second-order valence-corrected chi connectivity index (χ2v) is 9.81. The molecular weight excluding hydrogens is 412 g/mol. The van der Waals surface area contributed by atoms with E-state index in [-0.39, 0.29) is 22.9 Å². The minimum Gasteiger partial charge on any atom is -0.496 e. The van der Waals surface area contributed by atoms with Crippen molar-refractivity contribution < 1.29 is 17.9 Å². The number of rotatable bonds is 6. The SMILES string of the molecule is COc1ccc(S(=O)(=O)N(C)Cc2cccc3ccccc23)cc1C(=O)N1CCCC1. The third kappa shape index (κ3) is 4.16. The number of nitrogens with zero attached hydrogens (tertiary/aromatic N) is 2. The molecule has 31 heavy (non-hydrogen) atoms. The molecule has 0 aromatic heterocycles. The molecule has 1 fully saturated rings. The minimum absolute atomic E-state index is 0.0820. The van der Waals surface area contributed by atoms with Gasteiger partial charge in [-0.05, 0) is 47.4 Å². The summed E-state index contributed by atoms with van der Waals surface area (Å²) < 4.78 is 33.3. The van der Waals surface area contributed by atoms with E-state index in [2.05, 4.69) is 0 Å². The highest BCUT2D eigenvalue weighted by atomic mass is 32.2. The predicted octanol–water partition coefficient (Wildman–Crippen LogP) is 3.91. The molecule has 3 aromatic rings. The highest BCUT2D eigenvalue weighted by molar-refractivity contribution is 7.89. The molecule has 0 unspecified atom stereocenters. The number of hydrogen-bond acceptors (Lipinski definition) is 4. The first-order chi connectivity index (χ1) is 14.9. The van der Waals surface area contributed by atoms with Crippen molar-refractivity contribution in [2.24, 2.45) is 0 Å². The first-order valence-corrected chi connectivity index (χ1v) is 11.8. The predicted molar refractivity (Wildman–Crippen MR) is 121 cm³/mol. The van der Waals surface area contributed by atoms with Crippen molar-refractivity contribution in [1.29, 1.82) is 0 Å². The van der Waals surface area contributed by atoms with Crippen LogP contribution in [-0.2, 0) is 16.6 Å². The Morgan fingerprint density at radius 1 is 1.03 bits per heavy atom. The number of hydrogen-bond donors (Lipinski definition) is 0. The van der Waals surface area contributed by atoms with Gasteiger partial charge in [0, 0.05) is 26.7 Å². The highest BCUT2D eigenvalue weighted by Crippen LogP contribution is 2.28. The van der Waals surface area contributed by atoms with Crippen LogP contribution in [0.4, 0.5) is 0 Å². The number of carbonyl (C=O) groups is 1. The van der Waals surface area contributed by atoms with Gasteiger partial charge in [-0.2, -0.15) is 4.31 Å². The van der Waals surface area contributed by atoms with Crippen LogP contribution in [0, 0.1) is 0 Å². The zero-order chi connectivity index (χ0) is 22.0. The van der Waals surface area contributed by atoms with Crippen LogP contribution in [-0.4, -0.2) is 50.8 Å². The van der Waals surface area contributed by atoms with Gasteiger partial charge >= 0.3 is 0 Å². The van der Waals surface area contributed by atoms with E-state index >= 15 is 0 Å². The number of fused-ring (bicyclic) bond motifs is 1. The van der Waals surface area contributed by atoms with E-state index in [0.717, 1.165) is 29.2 Å². The van der Waals surface area contributed by atoms with Crippen molar-refractivity contribution in [2.45, 2.75) is 24.3 Å². The fourth-order valence-electron chi connectivity index (χ4n) is 4.04. The fraction of sp³-hybridized carbons (Fsp3) is 0.292. The van der Waals surface area contributed by atoms with Gasteiger partial charge in [-0.25, -0.2) is 8.42 Å². The molecular formula is C24H26N2O4S. The summed E-state index contributed by atoms with van der Waals surface area (Å²) in [5.74, 6) is 0.190. The van der Waals surface area contributed by atoms with Crippen LogP contribution in [0.15, 0.2) is 65.6 Å². The van der Waals surface area contributed by atoms with Gasteiger partial charge in [0.05, 0.1) is 17.6 Å². The van der Waals surface area contributed by atoms with Crippen LogP contribution in [0.2, 0.25) is 0 Å². The molecule has 0 spiro atoms. The average Bonchev–Trinajstić information content (AvgIpc) is 3.33. The fourth-order valence-corrected chi connectivity index (χ4v) is 5.22. The van der Waals surface area contributed by atoms with Gasteiger partial charge in [0.15, 0.2) is 0 Å². The summed E-state index contributed by atoms with van der Waals surface area (Å²) in [6, 6.07) is 18.3. The summed E-state index contributed by atoms with van der Waals surface area (Å²) in [5, 5.41) is 2.08. The number of ether oxygens (including phenoxy) is 1. The normalized spacial score (nSPS) is 14.4. The van der Waals surface area contributed by atoms with Crippen LogP contribution in [0.25, 0.3) is 10.8 Å². The second kappa shape index (κ2) is 8.69. The molecule has 1 amide bonds. The molecule has 0 atom stereocenters. The van der Waals surface area contributed by atoms with Crippen molar-refractivity contribution in [3.05, 3.63) is 71.8 Å². The van der Waals surface area contributed by atoms with Crippen LogP contribution < -0.4 is 4.74 Å². The van der Waals surface area contributed by atoms with Crippen molar-refractivity contribution in [1.82, 2.24) is 9.21 Å². The Kier molecular flexibility index (Phi) is 5.98. The Bertz CT molecular complexity index is 1210. The van der Waals surface area contributed by atoms with E-state index in [0.29, 0.717) is 18.8 Å². The maximum atomic E-state index is 13.3. The maximum Gasteiger partial charge on any atom is 0.257 e. The summed E-state index contributed by atoms with van der Waals surface area (Å²) in [5.41, 5.74) is 1.20. The Balaban J connectivity index is 1.66. The molecule has 0 bridgehead atoms. The minimum atomic E-state index is -3.80. The van der Waals surface area contributed by atoms with Crippen molar-refractivity contribution in [3.8, 4) is 5.75 Å². The van der Waals surface area contributed by atoms with Crippen molar-refractivity contribution >= 4 is 26.7 Å². The smallest absolute Gasteiger partial charge is 0.257 e. The van der Waals surface area contributed by atoms with Crippen LogP contribution in [0.1, 0.15) is 28.8 Å². The van der Waals surface area contributed by atoms with Gasteiger partial charge in [0.2, 0.25) is 10.0 Å². The van der Waals surface area contributed by atoms with E-state index in [1.165, 1.54) is 23.5 Å². The lowest BCUT2D eigenvalue weighted by atomic mass is 10.0. The summed E-state index contributed by atoms with van der Waals surface area (Å²) in [4.78, 5) is 14.8. The molecule has 4 rings (SSSR count). The third-order valence-corrected chi connectivity index (χ3v) is 7.58. The zero-order valence-corrected chi connectivity index (χ0v) is 18.6.